The number of thiazole rings is 1. The minimum Gasteiger partial charge on any atom is -0.396 e. The summed E-state index contributed by atoms with van der Waals surface area (Å²) in [7, 11) is 0. The fourth-order valence-electron chi connectivity index (χ4n) is 2.55. The monoisotopic (exact) mass is 362 g/mol. The highest BCUT2D eigenvalue weighted by Gasteiger charge is 2.44. The van der Waals surface area contributed by atoms with Crippen LogP contribution in [0.5, 0.6) is 0 Å². The van der Waals surface area contributed by atoms with E-state index in [-0.39, 0.29) is 18.6 Å². The Hall–Kier alpha value is -0.0100. The Labute approximate surface area is 132 Å². The second kappa shape index (κ2) is 6.40. The van der Waals surface area contributed by atoms with Crippen LogP contribution < -0.4 is 5.73 Å². The lowest BCUT2D eigenvalue weighted by atomic mass is 9.80. The van der Waals surface area contributed by atoms with E-state index in [1.807, 2.05) is 6.92 Å². The molecule has 1 aliphatic rings. The Balaban J connectivity index is 2.33. The van der Waals surface area contributed by atoms with Gasteiger partial charge >= 0.3 is 0 Å². The molecule has 20 heavy (non-hydrogen) atoms. The molecule has 0 bridgehead atoms. The van der Waals surface area contributed by atoms with Gasteiger partial charge < -0.3 is 15.6 Å². The highest BCUT2D eigenvalue weighted by Crippen LogP contribution is 2.41. The van der Waals surface area contributed by atoms with E-state index in [4.69, 9.17) is 10.5 Å². The normalized spacial score (nSPS) is 32.3. The van der Waals surface area contributed by atoms with Crippen LogP contribution in [0.1, 0.15) is 49.4 Å². The molecule has 1 aromatic heterocycles. The SMILES string of the molecule is CCC(C)c1sc(C2(N)COC(C)CC2CO)nc1Br. The molecule has 6 heteroatoms. The van der Waals surface area contributed by atoms with Crippen LogP contribution in [0.3, 0.4) is 0 Å². The number of hydrogen-bond acceptors (Lipinski definition) is 5. The van der Waals surface area contributed by atoms with Gasteiger partial charge in [-0.2, -0.15) is 0 Å². The van der Waals surface area contributed by atoms with Crippen molar-refractivity contribution < 1.29 is 9.84 Å². The van der Waals surface area contributed by atoms with E-state index in [9.17, 15) is 5.11 Å². The molecule has 2 rings (SSSR count). The quantitative estimate of drug-likeness (QED) is 0.863. The molecule has 1 aromatic rings. The Morgan fingerprint density at radius 2 is 2.35 bits per heavy atom. The first kappa shape index (κ1) is 16.4. The van der Waals surface area contributed by atoms with E-state index in [1.54, 1.807) is 11.3 Å². The number of hydrogen-bond donors (Lipinski definition) is 2. The summed E-state index contributed by atoms with van der Waals surface area (Å²) in [5.74, 6) is 0.448. The number of aliphatic hydroxyl groups is 1. The third-order valence-corrected chi connectivity index (χ3v) is 6.59. The Bertz CT molecular complexity index is 468. The molecule has 114 valence electrons. The van der Waals surface area contributed by atoms with Gasteiger partial charge in [0.2, 0.25) is 0 Å². The van der Waals surface area contributed by atoms with Crippen molar-refractivity contribution in [3.8, 4) is 0 Å². The van der Waals surface area contributed by atoms with Crippen LogP contribution in [-0.4, -0.2) is 29.4 Å². The zero-order valence-electron chi connectivity index (χ0n) is 12.2. The molecular weight excluding hydrogens is 340 g/mol. The van der Waals surface area contributed by atoms with Crippen molar-refractivity contribution >= 4 is 27.3 Å². The van der Waals surface area contributed by atoms with Crippen LogP contribution in [0.2, 0.25) is 0 Å². The van der Waals surface area contributed by atoms with Crippen LogP contribution >= 0.6 is 27.3 Å². The van der Waals surface area contributed by atoms with E-state index in [1.165, 1.54) is 4.88 Å². The van der Waals surface area contributed by atoms with Gasteiger partial charge in [0.15, 0.2) is 0 Å². The van der Waals surface area contributed by atoms with Crippen molar-refractivity contribution in [3.63, 3.8) is 0 Å². The zero-order chi connectivity index (χ0) is 14.9. The maximum absolute atomic E-state index is 9.67. The first-order valence-electron chi connectivity index (χ1n) is 7.10. The fraction of sp³-hybridized carbons (Fsp3) is 0.786. The number of aromatic nitrogens is 1. The predicted octanol–water partition coefficient (Wildman–Crippen LogP) is 2.99. The smallest absolute Gasteiger partial charge is 0.120 e. The second-order valence-corrected chi connectivity index (χ2v) is 7.54. The van der Waals surface area contributed by atoms with Gasteiger partial charge in [0, 0.05) is 17.4 Å². The molecule has 1 fully saturated rings. The number of ether oxygens (including phenoxy) is 1. The van der Waals surface area contributed by atoms with Crippen LogP contribution in [0, 0.1) is 5.92 Å². The molecule has 1 aliphatic heterocycles. The van der Waals surface area contributed by atoms with Crippen molar-refractivity contribution in [2.75, 3.05) is 13.2 Å². The van der Waals surface area contributed by atoms with Crippen molar-refractivity contribution in [1.29, 1.82) is 0 Å². The minimum atomic E-state index is -0.680. The Morgan fingerprint density at radius 3 is 2.95 bits per heavy atom. The summed E-state index contributed by atoms with van der Waals surface area (Å²) in [4.78, 5) is 5.84. The lowest BCUT2D eigenvalue weighted by Crippen LogP contribution is -2.54. The van der Waals surface area contributed by atoms with Gasteiger partial charge in [-0.05, 0) is 41.6 Å². The topological polar surface area (TPSA) is 68.4 Å². The van der Waals surface area contributed by atoms with E-state index in [0.29, 0.717) is 12.5 Å². The molecule has 0 aliphatic carbocycles. The van der Waals surface area contributed by atoms with E-state index < -0.39 is 5.54 Å². The molecule has 0 amide bonds. The second-order valence-electron chi connectivity index (χ2n) is 5.76. The first-order chi connectivity index (χ1) is 9.42. The third kappa shape index (κ3) is 2.95. The molecular formula is C14H23BrN2O2S. The number of aliphatic hydroxyl groups excluding tert-OH is 1. The Morgan fingerprint density at radius 1 is 1.65 bits per heavy atom. The average molecular weight is 363 g/mol. The molecule has 0 radical (unpaired) electrons. The van der Waals surface area contributed by atoms with Crippen LogP contribution in [0.4, 0.5) is 0 Å². The fourth-order valence-corrected chi connectivity index (χ4v) is 4.74. The van der Waals surface area contributed by atoms with Gasteiger partial charge in [0.25, 0.3) is 0 Å². The maximum atomic E-state index is 9.67. The summed E-state index contributed by atoms with van der Waals surface area (Å²) in [5, 5.41) is 10.5. The summed E-state index contributed by atoms with van der Waals surface area (Å²) in [6, 6.07) is 0. The van der Waals surface area contributed by atoms with Gasteiger partial charge in [0.05, 0.1) is 18.2 Å². The zero-order valence-corrected chi connectivity index (χ0v) is 14.6. The lowest BCUT2D eigenvalue weighted by Gasteiger charge is -2.41. The average Bonchev–Trinajstić information content (AvgIpc) is 2.83. The summed E-state index contributed by atoms with van der Waals surface area (Å²) in [6.07, 6.45) is 1.97. The van der Waals surface area contributed by atoms with Crippen molar-refractivity contribution in [2.24, 2.45) is 11.7 Å². The Kier molecular flexibility index (Phi) is 5.24. The van der Waals surface area contributed by atoms with E-state index in [0.717, 1.165) is 22.5 Å². The summed E-state index contributed by atoms with van der Waals surface area (Å²) < 4.78 is 6.61. The number of halogens is 1. The van der Waals surface area contributed by atoms with Crippen LogP contribution in [-0.2, 0) is 10.3 Å². The molecule has 4 unspecified atom stereocenters. The van der Waals surface area contributed by atoms with Crippen molar-refractivity contribution in [3.05, 3.63) is 14.5 Å². The van der Waals surface area contributed by atoms with Gasteiger partial charge in [-0.15, -0.1) is 11.3 Å². The third-order valence-electron chi connectivity index (χ3n) is 4.24. The molecule has 4 atom stereocenters. The highest BCUT2D eigenvalue weighted by molar-refractivity contribution is 9.10. The van der Waals surface area contributed by atoms with Crippen LogP contribution in [0.15, 0.2) is 4.60 Å². The standard InChI is InChI=1S/C14H23BrN2O2S/c1-4-8(2)11-12(15)17-13(20-11)14(16)7-19-9(3)5-10(14)6-18/h8-10,18H,4-7,16H2,1-3H3. The number of nitrogens with two attached hydrogens (primary N) is 1. The van der Waals surface area contributed by atoms with Gasteiger partial charge in [0.1, 0.15) is 9.61 Å². The number of nitrogens with zero attached hydrogens (tertiary/aromatic N) is 1. The van der Waals surface area contributed by atoms with Gasteiger partial charge in [-0.1, -0.05) is 13.8 Å². The van der Waals surface area contributed by atoms with Gasteiger partial charge in [-0.3, -0.25) is 0 Å². The molecule has 0 aromatic carbocycles. The molecule has 2 heterocycles. The summed E-state index contributed by atoms with van der Waals surface area (Å²) >= 11 is 5.19. The predicted molar refractivity (Wildman–Crippen MR) is 85.0 cm³/mol. The molecule has 3 N–H and O–H groups in total. The highest BCUT2D eigenvalue weighted by atomic mass is 79.9. The number of rotatable bonds is 4. The van der Waals surface area contributed by atoms with Crippen LogP contribution in [0.25, 0.3) is 0 Å². The van der Waals surface area contributed by atoms with Crippen molar-refractivity contribution in [2.45, 2.75) is 51.2 Å². The van der Waals surface area contributed by atoms with Gasteiger partial charge in [-0.25, -0.2) is 4.98 Å². The van der Waals surface area contributed by atoms with E-state index in [2.05, 4.69) is 34.8 Å². The molecule has 0 spiro atoms. The lowest BCUT2D eigenvalue weighted by molar-refractivity contribution is -0.0670. The minimum absolute atomic E-state index is 0.00548. The summed E-state index contributed by atoms with van der Waals surface area (Å²) in [6.45, 7) is 6.86. The summed E-state index contributed by atoms with van der Waals surface area (Å²) in [5.41, 5.74) is 5.88. The first-order valence-corrected chi connectivity index (χ1v) is 8.71. The molecule has 4 nitrogen and oxygen atoms in total. The molecule has 1 saturated heterocycles. The van der Waals surface area contributed by atoms with E-state index >= 15 is 0 Å². The van der Waals surface area contributed by atoms with Crippen molar-refractivity contribution in [1.82, 2.24) is 4.98 Å². The largest absolute Gasteiger partial charge is 0.396 e. The maximum Gasteiger partial charge on any atom is 0.120 e. The molecule has 0 saturated carbocycles.